The molecule has 1 unspecified atom stereocenters. The van der Waals surface area contributed by atoms with Gasteiger partial charge in [-0.25, -0.2) is 4.79 Å². The Hall–Kier alpha value is -0.910. The molecule has 1 aromatic rings. The van der Waals surface area contributed by atoms with Crippen molar-refractivity contribution in [3.05, 3.63) is 21.9 Å². The molecule has 0 aromatic carbocycles. The summed E-state index contributed by atoms with van der Waals surface area (Å²) in [6.07, 6.45) is 5.35. The second kappa shape index (κ2) is 6.24. The smallest absolute Gasteiger partial charge is 0.345 e. The molecule has 0 spiro atoms. The number of aromatic carboxylic acids is 1. The maximum absolute atomic E-state index is 10.9. The largest absolute Gasteiger partial charge is 0.477 e. The number of thiophene rings is 1. The van der Waals surface area contributed by atoms with Gasteiger partial charge in [-0.2, -0.15) is 0 Å². The fraction of sp³-hybridized carbons (Fsp3) is 0.667. The molecule has 2 aliphatic heterocycles. The van der Waals surface area contributed by atoms with E-state index in [-0.39, 0.29) is 0 Å². The first-order chi connectivity index (χ1) is 9.72. The molecule has 1 N–H and O–H groups in total. The summed E-state index contributed by atoms with van der Waals surface area (Å²) in [6, 6.07) is 4.40. The van der Waals surface area contributed by atoms with Gasteiger partial charge in [0.05, 0.1) is 0 Å². The van der Waals surface area contributed by atoms with Crippen LogP contribution in [0.25, 0.3) is 0 Å². The molecule has 2 aliphatic rings. The van der Waals surface area contributed by atoms with Gasteiger partial charge in [-0.1, -0.05) is 6.42 Å². The zero-order chi connectivity index (χ0) is 13.9. The van der Waals surface area contributed by atoms with Crippen molar-refractivity contribution in [2.24, 2.45) is 0 Å². The first kappa shape index (κ1) is 14.0. The number of nitrogens with zero attached hydrogens (tertiary/aromatic N) is 2. The molecule has 1 atom stereocenters. The molecule has 0 amide bonds. The van der Waals surface area contributed by atoms with Gasteiger partial charge in [0.2, 0.25) is 0 Å². The number of likely N-dealkylation sites (tertiary alicyclic amines) is 2. The number of carboxylic acids is 1. The van der Waals surface area contributed by atoms with E-state index < -0.39 is 5.97 Å². The van der Waals surface area contributed by atoms with Crippen LogP contribution in [0.1, 0.15) is 40.2 Å². The third kappa shape index (κ3) is 3.22. The summed E-state index contributed by atoms with van der Waals surface area (Å²) in [6.45, 7) is 5.71. The van der Waals surface area contributed by atoms with E-state index in [1.807, 2.05) is 6.07 Å². The Morgan fingerprint density at radius 2 is 2.05 bits per heavy atom. The molecule has 0 saturated carbocycles. The van der Waals surface area contributed by atoms with Gasteiger partial charge in [-0.05, 0) is 44.5 Å². The molecule has 4 nitrogen and oxygen atoms in total. The Morgan fingerprint density at radius 1 is 1.25 bits per heavy atom. The summed E-state index contributed by atoms with van der Waals surface area (Å²) in [5.74, 6) is -0.811. The molecule has 1 aromatic heterocycles. The van der Waals surface area contributed by atoms with Crippen LogP contribution in [0, 0.1) is 0 Å². The van der Waals surface area contributed by atoms with E-state index in [2.05, 4.69) is 9.80 Å². The SMILES string of the molecule is O=C(O)c1ccc(CN2CCC(N3CCCCC3)C2)s1. The Kier molecular flexibility index (Phi) is 4.38. The van der Waals surface area contributed by atoms with E-state index in [1.54, 1.807) is 6.07 Å². The third-order valence-electron chi connectivity index (χ3n) is 4.41. The minimum Gasteiger partial charge on any atom is -0.477 e. The summed E-state index contributed by atoms with van der Waals surface area (Å²) in [7, 11) is 0. The van der Waals surface area contributed by atoms with Gasteiger partial charge in [0.25, 0.3) is 0 Å². The highest BCUT2D eigenvalue weighted by Crippen LogP contribution is 2.24. The summed E-state index contributed by atoms with van der Waals surface area (Å²) in [5, 5.41) is 8.96. The molecule has 20 heavy (non-hydrogen) atoms. The summed E-state index contributed by atoms with van der Waals surface area (Å²) < 4.78 is 0. The first-order valence-corrected chi connectivity index (χ1v) is 8.32. The number of carboxylic acid groups (broad SMARTS) is 1. The van der Waals surface area contributed by atoms with Gasteiger partial charge in [0, 0.05) is 30.6 Å². The Morgan fingerprint density at radius 3 is 2.75 bits per heavy atom. The molecule has 0 aliphatic carbocycles. The van der Waals surface area contributed by atoms with Crippen molar-refractivity contribution in [1.82, 2.24) is 9.80 Å². The number of hydrogen-bond donors (Lipinski definition) is 1. The average molecular weight is 294 g/mol. The number of rotatable bonds is 4. The molecular formula is C15H22N2O2S. The van der Waals surface area contributed by atoms with Gasteiger partial charge in [0.1, 0.15) is 4.88 Å². The second-order valence-electron chi connectivity index (χ2n) is 5.85. The van der Waals surface area contributed by atoms with Crippen molar-refractivity contribution >= 4 is 17.3 Å². The van der Waals surface area contributed by atoms with Crippen LogP contribution in [-0.2, 0) is 6.54 Å². The van der Waals surface area contributed by atoms with Crippen LogP contribution >= 0.6 is 11.3 Å². The molecular weight excluding hydrogens is 272 g/mol. The van der Waals surface area contributed by atoms with Crippen molar-refractivity contribution < 1.29 is 9.90 Å². The quantitative estimate of drug-likeness (QED) is 0.926. The van der Waals surface area contributed by atoms with Crippen molar-refractivity contribution in [3.63, 3.8) is 0 Å². The standard InChI is InChI=1S/C15H22N2O2S/c18-15(19)14-5-4-13(20-14)11-16-9-6-12(10-16)17-7-2-1-3-8-17/h4-5,12H,1-3,6-11H2,(H,18,19). The topological polar surface area (TPSA) is 43.8 Å². The zero-order valence-electron chi connectivity index (χ0n) is 11.8. The van der Waals surface area contributed by atoms with Crippen molar-refractivity contribution in [1.29, 1.82) is 0 Å². The fourth-order valence-corrected chi connectivity index (χ4v) is 4.22. The fourth-order valence-electron chi connectivity index (χ4n) is 3.34. The van der Waals surface area contributed by atoms with Gasteiger partial charge < -0.3 is 5.11 Å². The van der Waals surface area contributed by atoms with E-state index in [0.717, 1.165) is 19.6 Å². The monoisotopic (exact) mass is 294 g/mol. The van der Waals surface area contributed by atoms with E-state index in [4.69, 9.17) is 5.11 Å². The maximum atomic E-state index is 10.9. The Bertz CT molecular complexity index is 468. The Labute approximate surface area is 124 Å². The van der Waals surface area contributed by atoms with Gasteiger partial charge in [-0.3, -0.25) is 9.80 Å². The van der Waals surface area contributed by atoms with E-state index in [9.17, 15) is 4.79 Å². The maximum Gasteiger partial charge on any atom is 0.345 e. The highest BCUT2D eigenvalue weighted by molar-refractivity contribution is 7.13. The zero-order valence-corrected chi connectivity index (χ0v) is 12.6. The second-order valence-corrected chi connectivity index (χ2v) is 7.01. The van der Waals surface area contributed by atoms with Gasteiger partial charge in [-0.15, -0.1) is 11.3 Å². The predicted octanol–water partition coefficient (Wildman–Crippen LogP) is 2.51. The molecule has 2 saturated heterocycles. The minimum absolute atomic E-state index is 0.451. The first-order valence-electron chi connectivity index (χ1n) is 7.51. The molecule has 0 bridgehead atoms. The van der Waals surface area contributed by atoms with E-state index in [1.165, 1.54) is 55.0 Å². The molecule has 0 radical (unpaired) electrons. The van der Waals surface area contributed by atoms with Crippen LogP contribution < -0.4 is 0 Å². The summed E-state index contributed by atoms with van der Waals surface area (Å²) in [4.78, 5) is 17.6. The lowest BCUT2D eigenvalue weighted by Gasteiger charge is -2.32. The average Bonchev–Trinajstić information content (AvgIpc) is 3.10. The van der Waals surface area contributed by atoms with E-state index in [0.29, 0.717) is 10.9 Å². The van der Waals surface area contributed by atoms with E-state index >= 15 is 0 Å². The summed E-state index contributed by atoms with van der Waals surface area (Å²) >= 11 is 1.41. The Balaban J connectivity index is 1.52. The molecule has 3 heterocycles. The highest BCUT2D eigenvalue weighted by atomic mass is 32.1. The van der Waals surface area contributed by atoms with Gasteiger partial charge in [0.15, 0.2) is 0 Å². The number of carbonyl (C=O) groups is 1. The normalized spacial score (nSPS) is 25.1. The van der Waals surface area contributed by atoms with Crippen molar-refractivity contribution in [2.45, 2.75) is 38.3 Å². The van der Waals surface area contributed by atoms with Crippen LogP contribution in [0.4, 0.5) is 0 Å². The molecule has 3 rings (SSSR count). The minimum atomic E-state index is -0.811. The van der Waals surface area contributed by atoms with Crippen molar-refractivity contribution in [2.75, 3.05) is 26.2 Å². The lowest BCUT2D eigenvalue weighted by Crippen LogP contribution is -2.40. The number of hydrogen-bond acceptors (Lipinski definition) is 4. The summed E-state index contributed by atoms with van der Waals surface area (Å²) in [5.41, 5.74) is 0. The predicted molar refractivity (Wildman–Crippen MR) is 80.4 cm³/mol. The van der Waals surface area contributed by atoms with Crippen LogP contribution in [0.3, 0.4) is 0 Å². The van der Waals surface area contributed by atoms with Crippen LogP contribution in [0.5, 0.6) is 0 Å². The van der Waals surface area contributed by atoms with Crippen LogP contribution in [0.15, 0.2) is 12.1 Å². The lowest BCUT2D eigenvalue weighted by molar-refractivity contribution is 0.0702. The lowest BCUT2D eigenvalue weighted by atomic mass is 10.1. The third-order valence-corrected chi connectivity index (χ3v) is 5.46. The van der Waals surface area contributed by atoms with Gasteiger partial charge >= 0.3 is 5.97 Å². The molecule has 2 fully saturated rings. The van der Waals surface area contributed by atoms with Crippen LogP contribution in [0.2, 0.25) is 0 Å². The molecule has 110 valence electrons. The van der Waals surface area contributed by atoms with Crippen LogP contribution in [-0.4, -0.2) is 53.1 Å². The van der Waals surface area contributed by atoms with Crippen molar-refractivity contribution in [3.8, 4) is 0 Å². The highest BCUT2D eigenvalue weighted by Gasteiger charge is 2.28. The number of piperidine rings is 1. The molecule has 5 heteroatoms.